The molecular formula is C36H45N9O6. The number of hydrogen-bond donors (Lipinski definition) is 3. The minimum Gasteiger partial charge on any atom is -0.545 e. The molecule has 0 unspecified atom stereocenters. The average molecular weight is 700 g/mol. The van der Waals surface area contributed by atoms with Crippen molar-refractivity contribution in [3.63, 3.8) is 0 Å². The van der Waals surface area contributed by atoms with Gasteiger partial charge in [-0.2, -0.15) is 15.8 Å². The normalized spacial score (nSPS) is 9.71. The van der Waals surface area contributed by atoms with E-state index in [1.165, 1.54) is 34.6 Å². The molecule has 0 bridgehead atoms. The number of hydrogen-bond acceptors (Lipinski definition) is 9. The lowest BCUT2D eigenvalue weighted by Crippen LogP contribution is -2.38. The predicted octanol–water partition coefficient (Wildman–Crippen LogP) is 0.0372. The van der Waals surface area contributed by atoms with E-state index in [0.29, 0.717) is 25.3 Å². The maximum Gasteiger partial charge on any atom is 0.254 e. The largest absolute Gasteiger partial charge is 0.545 e. The molecule has 4 rings (SSSR count). The minimum absolute atomic E-state index is 0.445. The summed E-state index contributed by atoms with van der Waals surface area (Å²) in [6.07, 6.45) is 10.6. The van der Waals surface area contributed by atoms with Crippen molar-refractivity contribution in [2.75, 3.05) is 0 Å². The number of carboxylic acids is 3. The number of rotatable bonds is 12. The van der Waals surface area contributed by atoms with Gasteiger partial charge in [0.1, 0.15) is 55.3 Å². The van der Waals surface area contributed by atoms with Gasteiger partial charge in [0, 0.05) is 51.2 Å². The Morgan fingerprint density at radius 1 is 0.588 bits per heavy atom. The Hall–Kier alpha value is -6.27. The highest BCUT2D eigenvalue weighted by atomic mass is 16.4. The number of carboxylic acid groups (broad SMARTS) is 3. The van der Waals surface area contributed by atoms with Crippen molar-refractivity contribution in [2.24, 2.45) is 0 Å². The van der Waals surface area contributed by atoms with Gasteiger partial charge in [0.2, 0.25) is 0 Å². The number of aromatic amines is 3. The Bertz CT molecular complexity index is 1740. The van der Waals surface area contributed by atoms with Gasteiger partial charge in [-0.3, -0.25) is 0 Å². The number of nitrogens with zero attached hydrogens (tertiary/aromatic N) is 6. The molecule has 0 saturated carbocycles. The molecular weight excluding hydrogens is 654 g/mol. The van der Waals surface area contributed by atoms with Crippen LogP contribution in [0.15, 0.2) is 36.8 Å². The molecule has 0 amide bonds. The molecule has 3 aromatic heterocycles. The monoisotopic (exact) mass is 699 g/mol. The van der Waals surface area contributed by atoms with Crippen LogP contribution < -0.4 is 29.0 Å². The summed E-state index contributed by atoms with van der Waals surface area (Å²) in [7, 11) is 0. The van der Waals surface area contributed by atoms with Gasteiger partial charge in [-0.25, -0.2) is 28.7 Å². The van der Waals surface area contributed by atoms with Gasteiger partial charge >= 0.3 is 0 Å². The topological polar surface area (TPSA) is 251 Å². The van der Waals surface area contributed by atoms with Crippen LogP contribution in [0.5, 0.6) is 0 Å². The molecule has 0 fully saturated rings. The highest BCUT2D eigenvalue weighted by Gasteiger charge is 2.13. The van der Waals surface area contributed by atoms with Crippen LogP contribution in [-0.2, 0) is 38.9 Å². The van der Waals surface area contributed by atoms with Crippen LogP contribution in [0.3, 0.4) is 0 Å². The zero-order chi connectivity index (χ0) is 38.5. The van der Waals surface area contributed by atoms with Crippen LogP contribution >= 0.6 is 0 Å². The zero-order valence-electron chi connectivity index (χ0n) is 30.0. The van der Waals surface area contributed by atoms with Crippen molar-refractivity contribution in [1.82, 2.24) is 15.0 Å². The molecule has 0 spiro atoms. The maximum absolute atomic E-state index is 10.5. The fraction of sp³-hybridized carbons (Fsp3) is 0.417. The number of imidazole rings is 3. The highest BCUT2D eigenvalue weighted by Crippen LogP contribution is 2.10. The third-order valence-electron chi connectivity index (χ3n) is 7.64. The Balaban J connectivity index is 0.000000342. The summed E-state index contributed by atoms with van der Waals surface area (Å²) in [5.41, 5.74) is 1.75. The number of nitriles is 3. The molecule has 0 saturated heterocycles. The van der Waals surface area contributed by atoms with E-state index in [0.717, 1.165) is 51.0 Å². The first-order chi connectivity index (χ1) is 24.3. The van der Waals surface area contributed by atoms with Gasteiger partial charge in [-0.1, -0.05) is 32.9 Å². The number of H-pyrrole nitrogens is 3. The lowest BCUT2D eigenvalue weighted by atomic mass is 10.0. The van der Waals surface area contributed by atoms with Gasteiger partial charge in [0.15, 0.2) is 0 Å². The molecule has 3 heterocycles. The number of aromatic nitrogens is 6. The average Bonchev–Trinajstić information content (AvgIpc) is 3.79. The zero-order valence-corrected chi connectivity index (χ0v) is 30.0. The van der Waals surface area contributed by atoms with Crippen LogP contribution in [-0.4, -0.2) is 32.9 Å². The standard InChI is InChI=1S/3C9H13N3.C9H6O6/c3*1-3-9-11-7-8(2)12(9)6-4-5-10;10-7(11)4-1-2-5(8(12)13)6(3-4)9(14)15/h3*7H,3-4,6H2,1-2H3;1-3H,(H,10,11)(H,12,13)(H,14,15). The van der Waals surface area contributed by atoms with E-state index >= 15 is 0 Å². The second-order valence-corrected chi connectivity index (χ2v) is 11.0. The van der Waals surface area contributed by atoms with Crippen molar-refractivity contribution in [3.05, 3.63) is 88.0 Å². The number of aromatic carboxylic acids is 3. The quantitative estimate of drug-likeness (QED) is 0.169. The van der Waals surface area contributed by atoms with E-state index in [9.17, 15) is 29.7 Å². The molecule has 0 radical (unpaired) electrons. The molecule has 3 N–H and O–H groups in total. The van der Waals surface area contributed by atoms with E-state index in [1.807, 2.05) is 39.4 Å². The summed E-state index contributed by atoms with van der Waals surface area (Å²) in [6, 6.07) is 8.82. The summed E-state index contributed by atoms with van der Waals surface area (Å²) in [5, 5.41) is 56.6. The second-order valence-electron chi connectivity index (χ2n) is 11.0. The fourth-order valence-electron chi connectivity index (χ4n) is 4.99. The summed E-state index contributed by atoms with van der Waals surface area (Å²) in [4.78, 5) is 40.9. The van der Waals surface area contributed by atoms with Crippen LogP contribution in [0.1, 0.15) is 106 Å². The van der Waals surface area contributed by atoms with Crippen LogP contribution in [0.4, 0.5) is 0 Å². The van der Waals surface area contributed by atoms with Crippen molar-refractivity contribution in [1.29, 1.82) is 15.8 Å². The van der Waals surface area contributed by atoms with Crippen molar-refractivity contribution in [2.45, 2.75) is 99.7 Å². The van der Waals surface area contributed by atoms with Gasteiger partial charge in [-0.05, 0) is 11.6 Å². The first-order valence-electron chi connectivity index (χ1n) is 16.4. The van der Waals surface area contributed by atoms with Crippen molar-refractivity contribution in [3.8, 4) is 18.2 Å². The highest BCUT2D eigenvalue weighted by molar-refractivity contribution is 6.02. The summed E-state index contributed by atoms with van der Waals surface area (Å²) < 4.78 is 6.47. The molecule has 0 aliphatic carbocycles. The molecule has 0 aliphatic rings. The third kappa shape index (κ3) is 13.3. The number of aryl methyl sites for hydroxylation is 6. The summed E-state index contributed by atoms with van der Waals surface area (Å²) >= 11 is 0. The van der Waals surface area contributed by atoms with Gasteiger partial charge in [0.25, 0.3) is 17.5 Å². The summed E-state index contributed by atoms with van der Waals surface area (Å²) in [6.45, 7) is 14.9. The minimum atomic E-state index is -1.79. The van der Waals surface area contributed by atoms with Crippen LogP contribution in [0, 0.1) is 54.8 Å². The molecule has 4 aromatic rings. The summed E-state index contributed by atoms with van der Waals surface area (Å²) in [5.74, 6) is -1.54. The van der Waals surface area contributed by atoms with Gasteiger partial charge in [0.05, 0.1) is 55.4 Å². The van der Waals surface area contributed by atoms with E-state index in [4.69, 9.17) is 15.8 Å². The lowest BCUT2D eigenvalue weighted by molar-refractivity contribution is -0.707. The predicted molar refractivity (Wildman–Crippen MR) is 175 cm³/mol. The molecule has 0 aliphatic heterocycles. The SMILES string of the molecule is CCc1[nH]cc(C)[n+]1CCC#N.CCc1[nH]cc(C)[n+]1CCC#N.CCc1[nH]cc(C)[n+]1CCC#N.O=C([O-])c1ccc(C(=O)[O-])c(C(=O)[O-])c1. The number of benzene rings is 1. The van der Waals surface area contributed by atoms with Crippen molar-refractivity contribution >= 4 is 17.9 Å². The number of carbonyl (C=O) groups is 3. The Morgan fingerprint density at radius 2 is 0.922 bits per heavy atom. The molecule has 1 aromatic carbocycles. The van der Waals surface area contributed by atoms with Crippen LogP contribution in [0.2, 0.25) is 0 Å². The molecule has 15 nitrogen and oxygen atoms in total. The molecule has 270 valence electrons. The number of carbonyl (C=O) groups excluding carboxylic acids is 3. The molecule has 51 heavy (non-hydrogen) atoms. The fourth-order valence-corrected chi connectivity index (χ4v) is 4.99. The van der Waals surface area contributed by atoms with E-state index < -0.39 is 34.6 Å². The van der Waals surface area contributed by atoms with E-state index in [-0.39, 0.29) is 0 Å². The van der Waals surface area contributed by atoms with Crippen molar-refractivity contribution < 1.29 is 43.4 Å². The lowest BCUT2D eigenvalue weighted by Gasteiger charge is -2.13. The van der Waals surface area contributed by atoms with Gasteiger partial charge < -0.3 is 29.7 Å². The maximum atomic E-state index is 10.5. The number of nitrogens with one attached hydrogen (secondary N) is 3. The molecule has 0 atom stereocenters. The molecule has 15 heteroatoms. The van der Waals surface area contributed by atoms with Gasteiger partial charge in [-0.15, -0.1) is 0 Å². The smallest absolute Gasteiger partial charge is 0.254 e. The van der Waals surface area contributed by atoms with E-state index in [1.54, 1.807) is 0 Å². The first-order valence-corrected chi connectivity index (χ1v) is 16.4. The Kier molecular flexibility index (Phi) is 18.8. The van der Waals surface area contributed by atoms with E-state index in [2.05, 4.69) is 67.6 Å². The Morgan fingerprint density at radius 3 is 1.18 bits per heavy atom. The van der Waals surface area contributed by atoms with Crippen LogP contribution in [0.25, 0.3) is 0 Å². The Labute approximate surface area is 297 Å². The third-order valence-corrected chi connectivity index (χ3v) is 7.64. The second kappa shape index (κ2) is 22.4. The first kappa shape index (κ1) is 42.8.